The van der Waals surface area contributed by atoms with Crippen LogP contribution in [0.4, 0.5) is 5.69 Å². The Balaban J connectivity index is 1.94. The lowest BCUT2D eigenvalue weighted by molar-refractivity contribution is -0.384. The topological polar surface area (TPSA) is 99.0 Å². The van der Waals surface area contributed by atoms with Crippen LogP contribution in [0.15, 0.2) is 18.2 Å². The van der Waals surface area contributed by atoms with Crippen molar-refractivity contribution in [1.29, 1.82) is 0 Å². The van der Waals surface area contributed by atoms with Gasteiger partial charge in [0.05, 0.1) is 28.7 Å². The van der Waals surface area contributed by atoms with Crippen molar-refractivity contribution < 1.29 is 24.0 Å². The summed E-state index contributed by atoms with van der Waals surface area (Å²) in [6.07, 6.45) is 0. The number of carbonyl (C=O) groups is 2. The summed E-state index contributed by atoms with van der Waals surface area (Å²) in [5.41, 5.74) is -0.256. The molecule has 1 aliphatic rings. The second-order valence-corrected chi connectivity index (χ2v) is 4.90. The first-order valence-corrected chi connectivity index (χ1v) is 6.83. The first-order valence-electron chi connectivity index (χ1n) is 6.45. The highest BCUT2D eigenvalue weighted by atomic mass is 35.5. The Morgan fingerprint density at radius 1 is 1.36 bits per heavy atom. The molecule has 1 aliphatic heterocycles. The third-order valence-electron chi connectivity index (χ3n) is 3.07. The molecule has 118 valence electrons. The summed E-state index contributed by atoms with van der Waals surface area (Å²) in [7, 11) is 0. The predicted octanol–water partition coefficient (Wildman–Crippen LogP) is 1.26. The zero-order valence-corrected chi connectivity index (χ0v) is 12.2. The van der Waals surface area contributed by atoms with E-state index in [1.165, 1.54) is 11.0 Å². The molecule has 0 bridgehead atoms. The summed E-state index contributed by atoms with van der Waals surface area (Å²) < 4.78 is 10.0. The van der Waals surface area contributed by atoms with Crippen LogP contribution in [-0.2, 0) is 14.3 Å². The van der Waals surface area contributed by atoms with Gasteiger partial charge in [-0.3, -0.25) is 14.9 Å². The van der Waals surface area contributed by atoms with Crippen LogP contribution >= 0.6 is 11.6 Å². The minimum Gasteiger partial charge on any atom is -0.452 e. The summed E-state index contributed by atoms with van der Waals surface area (Å²) in [4.78, 5) is 35.2. The van der Waals surface area contributed by atoms with Crippen molar-refractivity contribution in [2.75, 3.05) is 32.9 Å². The van der Waals surface area contributed by atoms with E-state index in [-0.39, 0.29) is 22.2 Å². The van der Waals surface area contributed by atoms with E-state index in [1.54, 1.807) is 0 Å². The number of hydrogen-bond donors (Lipinski definition) is 0. The van der Waals surface area contributed by atoms with Gasteiger partial charge in [-0.1, -0.05) is 11.6 Å². The summed E-state index contributed by atoms with van der Waals surface area (Å²) in [6.45, 7) is 1.40. The summed E-state index contributed by atoms with van der Waals surface area (Å²) >= 11 is 5.82. The van der Waals surface area contributed by atoms with Crippen molar-refractivity contribution in [3.05, 3.63) is 38.9 Å². The van der Waals surface area contributed by atoms with E-state index in [0.717, 1.165) is 12.1 Å². The average molecular weight is 329 g/mol. The molecular weight excluding hydrogens is 316 g/mol. The largest absolute Gasteiger partial charge is 0.452 e. The number of nitro groups is 1. The molecule has 0 radical (unpaired) electrons. The highest BCUT2D eigenvalue weighted by Crippen LogP contribution is 2.23. The zero-order chi connectivity index (χ0) is 16.1. The third-order valence-corrected chi connectivity index (χ3v) is 3.39. The van der Waals surface area contributed by atoms with Gasteiger partial charge in [0.2, 0.25) is 0 Å². The molecule has 0 aliphatic carbocycles. The van der Waals surface area contributed by atoms with E-state index in [9.17, 15) is 19.7 Å². The van der Waals surface area contributed by atoms with Gasteiger partial charge in [-0.05, 0) is 6.07 Å². The Morgan fingerprint density at radius 2 is 2.05 bits per heavy atom. The fourth-order valence-electron chi connectivity index (χ4n) is 1.89. The van der Waals surface area contributed by atoms with E-state index in [2.05, 4.69) is 0 Å². The highest BCUT2D eigenvalue weighted by molar-refractivity contribution is 6.33. The minimum absolute atomic E-state index is 0.0259. The number of nitro benzene ring substituents is 1. The number of halogens is 1. The number of nitrogens with zero attached hydrogens (tertiary/aromatic N) is 2. The van der Waals surface area contributed by atoms with Crippen LogP contribution in [0.3, 0.4) is 0 Å². The smallest absolute Gasteiger partial charge is 0.340 e. The number of benzene rings is 1. The summed E-state index contributed by atoms with van der Waals surface area (Å²) in [5, 5.41) is 10.5. The molecule has 0 saturated carbocycles. The monoisotopic (exact) mass is 328 g/mol. The normalized spacial score (nSPS) is 14.5. The number of non-ortho nitro benzene ring substituents is 1. The Bertz CT molecular complexity index is 600. The third kappa shape index (κ3) is 3.92. The molecule has 1 fully saturated rings. The lowest BCUT2D eigenvalue weighted by Gasteiger charge is -2.26. The van der Waals surface area contributed by atoms with Gasteiger partial charge in [0.25, 0.3) is 11.6 Å². The highest BCUT2D eigenvalue weighted by Gasteiger charge is 2.20. The molecule has 0 aromatic heterocycles. The molecule has 8 nitrogen and oxygen atoms in total. The van der Waals surface area contributed by atoms with Crippen LogP contribution in [0.5, 0.6) is 0 Å². The Morgan fingerprint density at radius 3 is 2.64 bits per heavy atom. The SMILES string of the molecule is O=C(OCC(=O)N1CCOCC1)c1ccc([N+](=O)[O-])cc1Cl. The number of esters is 1. The molecule has 0 N–H and O–H groups in total. The zero-order valence-electron chi connectivity index (χ0n) is 11.5. The number of morpholine rings is 1. The van der Waals surface area contributed by atoms with Gasteiger partial charge in [0, 0.05) is 25.2 Å². The lowest BCUT2D eigenvalue weighted by atomic mass is 10.2. The molecule has 1 aromatic rings. The fourth-order valence-corrected chi connectivity index (χ4v) is 2.14. The Kier molecular flexibility index (Phi) is 5.29. The maximum absolute atomic E-state index is 11.9. The van der Waals surface area contributed by atoms with E-state index < -0.39 is 17.5 Å². The van der Waals surface area contributed by atoms with Crippen molar-refractivity contribution in [2.24, 2.45) is 0 Å². The molecule has 0 atom stereocenters. The number of hydrogen-bond acceptors (Lipinski definition) is 6. The standard InChI is InChI=1S/C13H13ClN2O6/c14-11-7-9(16(19)20)1-2-10(11)13(18)22-8-12(17)15-3-5-21-6-4-15/h1-2,7H,3-6,8H2. The van der Waals surface area contributed by atoms with Gasteiger partial charge in [0.15, 0.2) is 6.61 Å². The molecule has 9 heteroatoms. The van der Waals surface area contributed by atoms with Crippen molar-refractivity contribution in [1.82, 2.24) is 4.90 Å². The average Bonchev–Trinajstić information content (AvgIpc) is 2.52. The molecular formula is C13H13ClN2O6. The van der Waals surface area contributed by atoms with Crippen molar-refractivity contribution in [3.63, 3.8) is 0 Å². The van der Waals surface area contributed by atoms with Crippen molar-refractivity contribution >= 4 is 29.2 Å². The molecule has 22 heavy (non-hydrogen) atoms. The van der Waals surface area contributed by atoms with Crippen LogP contribution in [0.1, 0.15) is 10.4 Å². The molecule has 1 saturated heterocycles. The summed E-state index contributed by atoms with van der Waals surface area (Å²) in [6, 6.07) is 3.40. The maximum atomic E-state index is 11.9. The second-order valence-electron chi connectivity index (χ2n) is 4.49. The van der Waals surface area contributed by atoms with E-state index in [4.69, 9.17) is 21.1 Å². The first kappa shape index (κ1) is 16.2. The molecule has 2 rings (SSSR count). The lowest BCUT2D eigenvalue weighted by Crippen LogP contribution is -2.42. The number of ether oxygens (including phenoxy) is 2. The molecule has 0 spiro atoms. The van der Waals surface area contributed by atoms with Crippen molar-refractivity contribution in [3.8, 4) is 0 Å². The van der Waals surface area contributed by atoms with Crippen LogP contribution in [0.2, 0.25) is 5.02 Å². The molecule has 0 unspecified atom stereocenters. The first-order chi connectivity index (χ1) is 10.5. The van der Waals surface area contributed by atoms with E-state index >= 15 is 0 Å². The van der Waals surface area contributed by atoms with Crippen molar-refractivity contribution in [2.45, 2.75) is 0 Å². The van der Waals surface area contributed by atoms with Crippen LogP contribution in [0.25, 0.3) is 0 Å². The van der Waals surface area contributed by atoms with Gasteiger partial charge >= 0.3 is 5.97 Å². The van der Waals surface area contributed by atoms with Gasteiger partial charge in [-0.25, -0.2) is 4.79 Å². The fraction of sp³-hybridized carbons (Fsp3) is 0.385. The minimum atomic E-state index is -0.804. The van der Waals surface area contributed by atoms with Gasteiger partial charge < -0.3 is 14.4 Å². The van der Waals surface area contributed by atoms with E-state index in [0.29, 0.717) is 26.3 Å². The summed E-state index contributed by atoms with van der Waals surface area (Å²) in [5.74, 6) is -1.13. The molecule has 1 aromatic carbocycles. The Hall–Kier alpha value is -2.19. The van der Waals surface area contributed by atoms with Crippen LogP contribution in [-0.4, -0.2) is 54.6 Å². The van der Waals surface area contributed by atoms with Gasteiger partial charge in [0.1, 0.15) is 0 Å². The Labute approximate surface area is 130 Å². The van der Waals surface area contributed by atoms with Crippen LogP contribution in [0, 0.1) is 10.1 Å². The molecule has 1 amide bonds. The van der Waals surface area contributed by atoms with Gasteiger partial charge in [-0.15, -0.1) is 0 Å². The predicted molar refractivity (Wildman–Crippen MR) is 75.8 cm³/mol. The second kappa shape index (κ2) is 7.19. The van der Waals surface area contributed by atoms with E-state index in [1.807, 2.05) is 0 Å². The number of carbonyl (C=O) groups excluding carboxylic acids is 2. The number of rotatable bonds is 4. The maximum Gasteiger partial charge on any atom is 0.340 e. The number of amides is 1. The van der Waals surface area contributed by atoms with Crippen LogP contribution < -0.4 is 0 Å². The quantitative estimate of drug-likeness (QED) is 0.469. The molecule has 1 heterocycles. The van der Waals surface area contributed by atoms with Gasteiger partial charge in [-0.2, -0.15) is 0 Å².